The van der Waals surface area contributed by atoms with Crippen LogP contribution in [0, 0.1) is 0 Å². The number of halogens is 3. The summed E-state index contributed by atoms with van der Waals surface area (Å²) in [5, 5.41) is 10.8. The molecule has 2 aromatic heterocycles. The van der Waals surface area contributed by atoms with Gasteiger partial charge in [0.25, 0.3) is 5.91 Å². The van der Waals surface area contributed by atoms with E-state index in [9.17, 15) is 4.79 Å². The first kappa shape index (κ1) is 21.7. The number of thiophene rings is 1. The van der Waals surface area contributed by atoms with Crippen molar-refractivity contribution in [1.29, 1.82) is 0 Å². The SMILES string of the molecule is O=C(Nc1cnn(Cc2ccc(Cl)cc2Cl)c1)c1cc(COc2ccc(Cl)cc2)cs1. The number of amides is 1. The van der Waals surface area contributed by atoms with Crippen molar-refractivity contribution >= 4 is 57.7 Å². The molecule has 0 saturated carbocycles. The van der Waals surface area contributed by atoms with Gasteiger partial charge in [-0.15, -0.1) is 11.3 Å². The highest BCUT2D eigenvalue weighted by Gasteiger charge is 2.12. The predicted octanol–water partition coefficient (Wildman–Crippen LogP) is 6.78. The van der Waals surface area contributed by atoms with Crippen LogP contribution < -0.4 is 10.1 Å². The van der Waals surface area contributed by atoms with E-state index < -0.39 is 0 Å². The summed E-state index contributed by atoms with van der Waals surface area (Å²) < 4.78 is 7.42. The Morgan fingerprint density at radius 1 is 1.06 bits per heavy atom. The van der Waals surface area contributed by atoms with Crippen molar-refractivity contribution in [3.63, 3.8) is 0 Å². The number of nitrogens with one attached hydrogen (secondary N) is 1. The van der Waals surface area contributed by atoms with Gasteiger partial charge >= 0.3 is 0 Å². The topological polar surface area (TPSA) is 56.2 Å². The first-order valence-corrected chi connectivity index (χ1v) is 11.2. The average molecular weight is 493 g/mol. The minimum absolute atomic E-state index is 0.202. The fourth-order valence-electron chi connectivity index (χ4n) is 2.80. The van der Waals surface area contributed by atoms with E-state index in [-0.39, 0.29) is 5.91 Å². The monoisotopic (exact) mass is 491 g/mol. The van der Waals surface area contributed by atoms with Crippen LogP contribution in [0.4, 0.5) is 5.69 Å². The van der Waals surface area contributed by atoms with Gasteiger partial charge in [0.1, 0.15) is 12.4 Å². The molecule has 4 aromatic rings. The van der Waals surface area contributed by atoms with Crippen LogP contribution in [0.15, 0.2) is 66.3 Å². The van der Waals surface area contributed by atoms with E-state index in [1.165, 1.54) is 11.3 Å². The third-order valence-electron chi connectivity index (χ3n) is 4.34. The number of hydrogen-bond donors (Lipinski definition) is 1. The van der Waals surface area contributed by atoms with E-state index in [0.29, 0.717) is 38.8 Å². The van der Waals surface area contributed by atoms with E-state index in [0.717, 1.165) is 16.9 Å². The number of anilines is 1. The lowest BCUT2D eigenvalue weighted by molar-refractivity contribution is 0.103. The molecule has 0 radical (unpaired) electrons. The highest BCUT2D eigenvalue weighted by molar-refractivity contribution is 7.12. The largest absolute Gasteiger partial charge is 0.489 e. The molecule has 0 spiro atoms. The smallest absolute Gasteiger partial charge is 0.265 e. The minimum Gasteiger partial charge on any atom is -0.489 e. The van der Waals surface area contributed by atoms with Gasteiger partial charge in [-0.3, -0.25) is 9.48 Å². The van der Waals surface area contributed by atoms with Crippen LogP contribution in [-0.4, -0.2) is 15.7 Å². The highest BCUT2D eigenvalue weighted by atomic mass is 35.5. The molecule has 0 saturated heterocycles. The number of ether oxygens (including phenoxy) is 1. The summed E-state index contributed by atoms with van der Waals surface area (Å²) in [4.78, 5) is 13.2. The van der Waals surface area contributed by atoms with Crippen LogP contribution in [0.3, 0.4) is 0 Å². The first-order chi connectivity index (χ1) is 15.0. The Balaban J connectivity index is 1.34. The van der Waals surface area contributed by atoms with Crippen molar-refractivity contribution in [3.8, 4) is 5.75 Å². The summed E-state index contributed by atoms with van der Waals surface area (Å²) in [5.74, 6) is 0.515. The van der Waals surface area contributed by atoms with Gasteiger partial charge in [0, 0.05) is 26.8 Å². The lowest BCUT2D eigenvalue weighted by Gasteiger charge is -2.05. The van der Waals surface area contributed by atoms with Gasteiger partial charge in [-0.1, -0.05) is 40.9 Å². The standard InChI is InChI=1S/C22H16Cl3N3O2S/c23-16-3-5-19(6-4-16)30-12-14-7-21(31-13-14)22(29)27-18-9-26-28(11-18)10-15-1-2-17(24)8-20(15)25/h1-9,11,13H,10,12H2,(H,27,29). The molecule has 0 aliphatic carbocycles. The molecule has 0 atom stereocenters. The van der Waals surface area contributed by atoms with E-state index in [1.807, 2.05) is 17.5 Å². The van der Waals surface area contributed by atoms with Crippen LogP contribution >= 0.6 is 46.1 Å². The van der Waals surface area contributed by atoms with Crippen LogP contribution in [0.5, 0.6) is 5.75 Å². The molecule has 1 amide bonds. The quantitative estimate of drug-likeness (QED) is 0.309. The Morgan fingerprint density at radius 2 is 1.84 bits per heavy atom. The summed E-state index contributed by atoms with van der Waals surface area (Å²) in [6.45, 7) is 0.836. The van der Waals surface area contributed by atoms with Gasteiger partial charge in [-0.2, -0.15) is 5.10 Å². The predicted molar refractivity (Wildman–Crippen MR) is 126 cm³/mol. The maximum absolute atomic E-state index is 12.6. The van der Waals surface area contributed by atoms with Crippen LogP contribution in [0.25, 0.3) is 0 Å². The van der Waals surface area contributed by atoms with E-state index in [1.54, 1.807) is 53.5 Å². The number of carbonyl (C=O) groups is 1. The number of hydrogen-bond acceptors (Lipinski definition) is 4. The van der Waals surface area contributed by atoms with Gasteiger partial charge in [0.15, 0.2) is 0 Å². The van der Waals surface area contributed by atoms with Gasteiger partial charge in [-0.25, -0.2) is 0 Å². The number of carbonyl (C=O) groups excluding carboxylic acids is 1. The van der Waals surface area contributed by atoms with Crippen molar-refractivity contribution in [2.45, 2.75) is 13.2 Å². The van der Waals surface area contributed by atoms with Crippen molar-refractivity contribution in [1.82, 2.24) is 9.78 Å². The van der Waals surface area contributed by atoms with Crippen molar-refractivity contribution in [3.05, 3.63) is 97.4 Å². The maximum Gasteiger partial charge on any atom is 0.265 e. The Hall–Kier alpha value is -2.51. The number of benzene rings is 2. The van der Waals surface area contributed by atoms with E-state index in [2.05, 4.69) is 10.4 Å². The zero-order chi connectivity index (χ0) is 21.8. The van der Waals surface area contributed by atoms with Gasteiger partial charge in [0.05, 0.1) is 23.3 Å². The lowest BCUT2D eigenvalue weighted by atomic mass is 10.2. The fraction of sp³-hybridized carbons (Fsp3) is 0.0909. The number of nitrogens with zero attached hydrogens (tertiary/aromatic N) is 2. The molecule has 0 aliphatic heterocycles. The Kier molecular flexibility index (Phi) is 6.83. The summed E-state index contributed by atoms with van der Waals surface area (Å²) >= 11 is 19.4. The molecule has 0 bridgehead atoms. The molecule has 0 unspecified atom stereocenters. The van der Waals surface area contributed by atoms with Gasteiger partial charge in [0.2, 0.25) is 0 Å². The van der Waals surface area contributed by atoms with Crippen molar-refractivity contribution < 1.29 is 9.53 Å². The lowest BCUT2D eigenvalue weighted by Crippen LogP contribution is -2.09. The molecular weight excluding hydrogens is 477 g/mol. The second-order valence-electron chi connectivity index (χ2n) is 6.68. The molecular formula is C22H16Cl3N3O2S. The van der Waals surface area contributed by atoms with E-state index in [4.69, 9.17) is 39.5 Å². The van der Waals surface area contributed by atoms with Crippen molar-refractivity contribution in [2.75, 3.05) is 5.32 Å². The summed E-state index contributed by atoms with van der Waals surface area (Å²) in [7, 11) is 0. The fourth-order valence-corrected chi connectivity index (χ4v) is 4.19. The van der Waals surface area contributed by atoms with Crippen LogP contribution in [0.1, 0.15) is 20.8 Å². The molecule has 9 heteroatoms. The Morgan fingerprint density at radius 3 is 2.61 bits per heavy atom. The van der Waals surface area contributed by atoms with E-state index >= 15 is 0 Å². The molecule has 5 nitrogen and oxygen atoms in total. The molecule has 0 aliphatic rings. The zero-order valence-electron chi connectivity index (χ0n) is 16.0. The Labute approximate surface area is 198 Å². The summed E-state index contributed by atoms with van der Waals surface area (Å²) in [6, 6.07) is 14.3. The normalized spacial score (nSPS) is 10.8. The molecule has 2 aromatic carbocycles. The maximum atomic E-state index is 12.6. The molecule has 1 N–H and O–H groups in total. The second-order valence-corrected chi connectivity index (χ2v) is 8.87. The number of aromatic nitrogens is 2. The molecule has 2 heterocycles. The first-order valence-electron chi connectivity index (χ1n) is 9.20. The molecule has 31 heavy (non-hydrogen) atoms. The number of rotatable bonds is 7. The Bertz CT molecular complexity index is 1200. The van der Waals surface area contributed by atoms with Crippen LogP contribution in [0.2, 0.25) is 15.1 Å². The molecule has 0 fully saturated rings. The van der Waals surface area contributed by atoms with Crippen molar-refractivity contribution in [2.24, 2.45) is 0 Å². The average Bonchev–Trinajstić information content (AvgIpc) is 3.39. The summed E-state index contributed by atoms with van der Waals surface area (Å²) in [5.41, 5.74) is 2.40. The summed E-state index contributed by atoms with van der Waals surface area (Å²) in [6.07, 6.45) is 3.35. The second kappa shape index (κ2) is 9.75. The van der Waals surface area contributed by atoms with Gasteiger partial charge in [-0.05, 0) is 53.4 Å². The third kappa shape index (κ3) is 5.80. The zero-order valence-corrected chi connectivity index (χ0v) is 19.1. The molecule has 4 rings (SSSR count). The third-order valence-corrected chi connectivity index (χ3v) is 6.15. The molecule has 158 valence electrons. The minimum atomic E-state index is -0.202. The van der Waals surface area contributed by atoms with Gasteiger partial charge < -0.3 is 10.1 Å². The van der Waals surface area contributed by atoms with Crippen LogP contribution in [-0.2, 0) is 13.2 Å². The highest BCUT2D eigenvalue weighted by Crippen LogP contribution is 2.23.